The van der Waals surface area contributed by atoms with Gasteiger partial charge in [-0.15, -0.1) is 10.2 Å². The minimum Gasteiger partial charge on any atom is -0.412 e. The zero-order chi connectivity index (χ0) is 21.4. The largest absolute Gasteiger partial charge is 0.412 e. The number of aromatic nitrogens is 5. The van der Waals surface area contributed by atoms with Gasteiger partial charge in [-0.2, -0.15) is 0 Å². The highest BCUT2D eigenvalue weighted by Crippen LogP contribution is 2.33. The Balaban J connectivity index is 1.57. The van der Waals surface area contributed by atoms with Crippen LogP contribution in [0.3, 0.4) is 0 Å². The minimum absolute atomic E-state index is 0.109. The van der Waals surface area contributed by atoms with E-state index >= 15 is 0 Å². The van der Waals surface area contributed by atoms with E-state index in [0.717, 1.165) is 11.1 Å². The molecule has 0 aliphatic carbocycles. The van der Waals surface area contributed by atoms with Crippen molar-refractivity contribution in [2.24, 2.45) is 0 Å². The highest BCUT2D eigenvalue weighted by atomic mass is 35.5. The van der Waals surface area contributed by atoms with Crippen molar-refractivity contribution >= 4 is 39.9 Å². The van der Waals surface area contributed by atoms with Crippen LogP contribution in [-0.4, -0.2) is 30.5 Å². The molecule has 0 saturated carbocycles. The maximum atomic E-state index is 13.3. The summed E-state index contributed by atoms with van der Waals surface area (Å²) in [5.41, 5.74) is 2.50. The number of nitrogens with zero attached hydrogens (tertiary/aromatic N) is 5. The molecule has 152 valence electrons. The predicted octanol–water partition coefficient (Wildman–Crippen LogP) is 5.07. The van der Waals surface area contributed by atoms with Crippen LogP contribution in [0.4, 0.5) is 0 Å². The van der Waals surface area contributed by atoms with Crippen molar-refractivity contribution in [3.63, 3.8) is 0 Å². The van der Waals surface area contributed by atoms with E-state index in [1.165, 1.54) is 18.6 Å². The molecule has 9 heteroatoms. The summed E-state index contributed by atoms with van der Waals surface area (Å²) in [6.07, 6.45) is 4.51. The van der Waals surface area contributed by atoms with Crippen LogP contribution in [0.2, 0.25) is 10.2 Å². The maximum absolute atomic E-state index is 13.3. The molecule has 0 unspecified atom stereocenters. The second-order valence-electron chi connectivity index (χ2n) is 6.73. The molecule has 0 bridgehead atoms. The van der Waals surface area contributed by atoms with Crippen LogP contribution < -0.4 is 0 Å². The summed E-state index contributed by atoms with van der Waals surface area (Å²) < 4.78 is 7.44. The highest BCUT2D eigenvalue weighted by Gasteiger charge is 2.27. The van der Waals surface area contributed by atoms with Crippen LogP contribution in [0.5, 0.6) is 0 Å². The number of carbonyl (C=O) groups is 1. The van der Waals surface area contributed by atoms with Crippen LogP contribution in [-0.2, 0) is 6.54 Å². The van der Waals surface area contributed by atoms with E-state index in [1.807, 2.05) is 53.1 Å². The molecule has 0 spiro atoms. The Bertz CT molecular complexity index is 1390. The number of rotatable bonds is 5. The van der Waals surface area contributed by atoms with Gasteiger partial charge in [0, 0.05) is 29.3 Å². The first-order valence-electron chi connectivity index (χ1n) is 9.27. The number of hydrogen-bond donors (Lipinski definition) is 0. The van der Waals surface area contributed by atoms with Crippen molar-refractivity contribution < 1.29 is 9.21 Å². The van der Waals surface area contributed by atoms with E-state index in [0.29, 0.717) is 33.4 Å². The summed E-state index contributed by atoms with van der Waals surface area (Å²) in [7, 11) is 0. The van der Waals surface area contributed by atoms with Crippen LogP contribution in [0.15, 0.2) is 71.5 Å². The lowest BCUT2D eigenvalue weighted by atomic mass is 10.1. The maximum Gasteiger partial charge on any atom is 0.289 e. The minimum atomic E-state index is -0.460. The van der Waals surface area contributed by atoms with Gasteiger partial charge in [0.2, 0.25) is 0 Å². The molecule has 0 radical (unpaired) electrons. The average molecular weight is 450 g/mol. The van der Waals surface area contributed by atoms with E-state index in [9.17, 15) is 4.79 Å². The van der Waals surface area contributed by atoms with Crippen LogP contribution >= 0.6 is 23.2 Å². The molecular formula is C22H13Cl2N5O2. The van der Waals surface area contributed by atoms with Crippen molar-refractivity contribution in [2.75, 3.05) is 0 Å². The van der Waals surface area contributed by atoms with Gasteiger partial charge < -0.3 is 8.98 Å². The van der Waals surface area contributed by atoms with Crippen molar-refractivity contribution in [1.29, 1.82) is 0 Å². The molecule has 3 aromatic heterocycles. The molecule has 31 heavy (non-hydrogen) atoms. The zero-order valence-corrected chi connectivity index (χ0v) is 17.4. The molecule has 5 rings (SSSR count). The van der Waals surface area contributed by atoms with Gasteiger partial charge in [0.15, 0.2) is 0 Å². The number of halogens is 2. The first-order chi connectivity index (χ1) is 15.1. The Morgan fingerprint density at radius 1 is 1.00 bits per heavy atom. The van der Waals surface area contributed by atoms with Gasteiger partial charge in [-0.1, -0.05) is 53.5 Å². The topological polar surface area (TPSA) is 86.7 Å². The Labute approximate surface area is 186 Å². The molecular weight excluding hydrogens is 437 g/mol. The van der Waals surface area contributed by atoms with Crippen LogP contribution in [0, 0.1) is 0 Å². The predicted molar refractivity (Wildman–Crippen MR) is 116 cm³/mol. The first kappa shape index (κ1) is 19.4. The fraction of sp³-hybridized carbons (Fsp3) is 0.0455. The molecule has 7 nitrogen and oxygen atoms in total. The molecule has 3 heterocycles. The van der Waals surface area contributed by atoms with Crippen LogP contribution in [0.25, 0.3) is 22.5 Å². The van der Waals surface area contributed by atoms with Crippen LogP contribution in [0.1, 0.15) is 21.8 Å². The second-order valence-corrected chi connectivity index (χ2v) is 7.52. The lowest BCUT2D eigenvalue weighted by Gasteiger charge is -2.07. The third-order valence-electron chi connectivity index (χ3n) is 4.79. The summed E-state index contributed by atoms with van der Waals surface area (Å²) in [4.78, 5) is 21.4. The molecule has 0 saturated heterocycles. The average Bonchev–Trinajstić information content (AvgIpc) is 3.40. The normalized spacial score (nSPS) is 11.2. The summed E-state index contributed by atoms with van der Waals surface area (Å²) in [6.45, 7) is 0.471. The summed E-state index contributed by atoms with van der Waals surface area (Å²) in [5, 5.41) is 9.47. The number of carbonyl (C=O) groups excluding carboxylic acids is 1. The van der Waals surface area contributed by atoms with Crippen molar-refractivity contribution in [3.8, 4) is 11.6 Å². The number of fused-ring (bicyclic) bond motifs is 1. The molecule has 0 fully saturated rings. The van der Waals surface area contributed by atoms with Crippen molar-refractivity contribution in [3.05, 3.63) is 94.3 Å². The molecule has 0 N–H and O–H groups in total. The summed E-state index contributed by atoms with van der Waals surface area (Å²) in [5.74, 6) is -0.520. The van der Waals surface area contributed by atoms with E-state index in [4.69, 9.17) is 27.6 Å². The fourth-order valence-corrected chi connectivity index (χ4v) is 3.81. The lowest BCUT2D eigenvalue weighted by Crippen LogP contribution is -2.04. The Morgan fingerprint density at radius 3 is 2.58 bits per heavy atom. The Hall–Kier alpha value is -3.55. The van der Waals surface area contributed by atoms with Crippen molar-refractivity contribution in [2.45, 2.75) is 6.54 Å². The fourth-order valence-electron chi connectivity index (χ4n) is 3.35. The Kier molecular flexibility index (Phi) is 4.97. The standard InChI is InChI=1S/C22H13Cl2N5O2/c23-14-7-5-13(6-8-14)12-29-17-4-2-1-3-15(17)18(20(29)24)19(30)22-28-27-21(31-22)16-11-25-9-10-26-16/h1-11H,12H2. The van der Waals surface area contributed by atoms with Gasteiger partial charge in [-0.3, -0.25) is 9.78 Å². The molecule has 0 atom stereocenters. The lowest BCUT2D eigenvalue weighted by molar-refractivity contribution is 0.100. The van der Waals surface area contributed by atoms with E-state index < -0.39 is 5.78 Å². The van der Waals surface area contributed by atoms with E-state index in [-0.39, 0.29) is 11.8 Å². The summed E-state index contributed by atoms with van der Waals surface area (Å²) >= 11 is 12.7. The van der Waals surface area contributed by atoms with Gasteiger partial charge in [0.05, 0.1) is 17.3 Å². The number of ketones is 1. The first-order valence-corrected chi connectivity index (χ1v) is 10.0. The third kappa shape index (κ3) is 3.58. The highest BCUT2D eigenvalue weighted by molar-refractivity contribution is 6.36. The van der Waals surface area contributed by atoms with E-state index in [2.05, 4.69) is 20.2 Å². The second kappa shape index (κ2) is 7.94. The molecule has 0 aliphatic rings. The number of benzene rings is 2. The van der Waals surface area contributed by atoms with Gasteiger partial charge in [0.1, 0.15) is 10.8 Å². The molecule has 2 aromatic carbocycles. The number of para-hydroxylation sites is 1. The van der Waals surface area contributed by atoms with Crippen molar-refractivity contribution in [1.82, 2.24) is 24.7 Å². The number of hydrogen-bond acceptors (Lipinski definition) is 6. The zero-order valence-electron chi connectivity index (χ0n) is 15.9. The smallest absolute Gasteiger partial charge is 0.289 e. The third-order valence-corrected chi connectivity index (χ3v) is 5.43. The van der Waals surface area contributed by atoms with Gasteiger partial charge >= 0.3 is 0 Å². The quantitative estimate of drug-likeness (QED) is 0.348. The van der Waals surface area contributed by atoms with E-state index in [1.54, 1.807) is 0 Å². The Morgan fingerprint density at radius 2 is 1.81 bits per heavy atom. The molecule has 5 aromatic rings. The van der Waals surface area contributed by atoms with Gasteiger partial charge in [0.25, 0.3) is 17.6 Å². The molecule has 0 amide bonds. The SMILES string of the molecule is O=C(c1nnc(-c2cnccn2)o1)c1c(Cl)n(Cc2ccc(Cl)cc2)c2ccccc12. The van der Waals surface area contributed by atoms with Gasteiger partial charge in [-0.25, -0.2) is 4.98 Å². The summed E-state index contributed by atoms with van der Waals surface area (Å²) in [6, 6.07) is 15.0. The monoisotopic (exact) mass is 449 g/mol. The molecule has 0 aliphatic heterocycles. The van der Waals surface area contributed by atoms with Gasteiger partial charge in [-0.05, 0) is 23.8 Å².